The van der Waals surface area contributed by atoms with Gasteiger partial charge in [0.05, 0.1) is 5.39 Å². The summed E-state index contributed by atoms with van der Waals surface area (Å²) in [5.41, 5.74) is 1.64. The zero-order valence-electron chi connectivity index (χ0n) is 15.1. The third-order valence-corrected chi connectivity index (χ3v) is 5.78. The third-order valence-electron chi connectivity index (χ3n) is 4.00. The Morgan fingerprint density at radius 2 is 1.96 bits per heavy atom. The third kappa shape index (κ3) is 3.43. The van der Waals surface area contributed by atoms with Gasteiger partial charge < -0.3 is 9.64 Å². The van der Waals surface area contributed by atoms with Gasteiger partial charge in [0.15, 0.2) is 0 Å². The van der Waals surface area contributed by atoms with Gasteiger partial charge in [-0.3, -0.25) is 4.79 Å². The van der Waals surface area contributed by atoms with Crippen LogP contribution in [0.4, 0.5) is 0 Å². The van der Waals surface area contributed by atoms with Crippen LogP contribution in [0, 0.1) is 6.92 Å². The van der Waals surface area contributed by atoms with Crippen LogP contribution in [0.25, 0.3) is 20.7 Å². The summed E-state index contributed by atoms with van der Waals surface area (Å²) in [5.74, 6) is 1.67. The summed E-state index contributed by atoms with van der Waals surface area (Å²) >= 11 is 3.25. The van der Waals surface area contributed by atoms with E-state index in [1.807, 2.05) is 30.5 Å². The molecule has 5 nitrogen and oxygen atoms in total. The average Bonchev–Trinajstić information content (AvgIpc) is 3.30. The standard InChI is InChI=1S/C20H17N3O2S2/c1-12-21-18(25-14-7-4-6-13(10-14)20(24)23(2)3)17-15(11-27-19(17)22-12)16-8-5-9-26-16/h4-11H,1-3H3. The average molecular weight is 396 g/mol. The van der Waals surface area contributed by atoms with Crippen molar-refractivity contribution in [3.05, 3.63) is 58.5 Å². The molecule has 7 heteroatoms. The molecule has 4 rings (SSSR count). The molecule has 0 bridgehead atoms. The molecule has 27 heavy (non-hydrogen) atoms. The second-order valence-corrected chi connectivity index (χ2v) is 8.02. The van der Waals surface area contributed by atoms with Gasteiger partial charge in [-0.15, -0.1) is 22.7 Å². The lowest BCUT2D eigenvalue weighted by Crippen LogP contribution is -2.21. The van der Waals surface area contributed by atoms with Gasteiger partial charge in [-0.2, -0.15) is 4.98 Å². The topological polar surface area (TPSA) is 55.3 Å². The van der Waals surface area contributed by atoms with E-state index in [-0.39, 0.29) is 5.91 Å². The Kier molecular flexibility index (Phi) is 4.63. The molecule has 0 N–H and O–H groups in total. The fraction of sp³-hybridized carbons (Fsp3) is 0.150. The predicted molar refractivity (Wildman–Crippen MR) is 110 cm³/mol. The number of thiophene rings is 2. The van der Waals surface area contributed by atoms with Crippen LogP contribution in [-0.4, -0.2) is 34.9 Å². The number of carbonyl (C=O) groups is 1. The van der Waals surface area contributed by atoms with Crippen molar-refractivity contribution in [1.29, 1.82) is 0 Å². The molecule has 0 aliphatic heterocycles. The minimum Gasteiger partial charge on any atom is -0.438 e. The van der Waals surface area contributed by atoms with Crippen LogP contribution in [-0.2, 0) is 0 Å². The van der Waals surface area contributed by atoms with Crippen molar-refractivity contribution in [3.63, 3.8) is 0 Å². The molecule has 0 unspecified atom stereocenters. The molecule has 0 aliphatic carbocycles. The number of aromatic nitrogens is 2. The van der Waals surface area contributed by atoms with E-state index in [2.05, 4.69) is 21.4 Å². The molecule has 1 aromatic carbocycles. The van der Waals surface area contributed by atoms with E-state index in [0.29, 0.717) is 23.0 Å². The van der Waals surface area contributed by atoms with Gasteiger partial charge in [0.2, 0.25) is 5.88 Å². The number of aryl methyl sites for hydroxylation is 1. The molecule has 0 fully saturated rings. The number of rotatable bonds is 4. The maximum atomic E-state index is 12.2. The second kappa shape index (κ2) is 7.09. The van der Waals surface area contributed by atoms with Gasteiger partial charge in [-0.25, -0.2) is 4.98 Å². The fourth-order valence-electron chi connectivity index (χ4n) is 2.76. The lowest BCUT2D eigenvalue weighted by molar-refractivity contribution is 0.0827. The van der Waals surface area contributed by atoms with Crippen LogP contribution in [0.3, 0.4) is 0 Å². The molecular formula is C20H17N3O2S2. The highest BCUT2D eigenvalue weighted by Gasteiger charge is 2.17. The van der Waals surface area contributed by atoms with Gasteiger partial charge in [-0.05, 0) is 36.6 Å². The SMILES string of the molecule is Cc1nc(Oc2cccc(C(=O)N(C)C)c2)c2c(-c3cccs3)csc2n1. The maximum absolute atomic E-state index is 12.2. The van der Waals surface area contributed by atoms with E-state index in [0.717, 1.165) is 20.7 Å². The van der Waals surface area contributed by atoms with Gasteiger partial charge in [0.25, 0.3) is 5.91 Å². The van der Waals surface area contributed by atoms with Gasteiger partial charge in [-0.1, -0.05) is 12.1 Å². The molecule has 0 spiro atoms. The van der Waals surface area contributed by atoms with Crippen LogP contribution in [0.15, 0.2) is 47.2 Å². The number of hydrogen-bond acceptors (Lipinski definition) is 6. The Hall–Kier alpha value is -2.77. The Labute approximate surface area is 164 Å². The summed E-state index contributed by atoms with van der Waals surface area (Å²) in [6.07, 6.45) is 0. The number of carbonyl (C=O) groups excluding carboxylic acids is 1. The largest absolute Gasteiger partial charge is 0.438 e. The van der Waals surface area contributed by atoms with Crippen molar-refractivity contribution in [2.75, 3.05) is 14.1 Å². The summed E-state index contributed by atoms with van der Waals surface area (Å²) in [7, 11) is 3.46. The van der Waals surface area contributed by atoms with Crippen LogP contribution in [0.1, 0.15) is 16.2 Å². The minimum atomic E-state index is -0.0701. The van der Waals surface area contributed by atoms with E-state index < -0.39 is 0 Å². The van der Waals surface area contributed by atoms with Crippen LogP contribution in [0.2, 0.25) is 0 Å². The first-order valence-electron chi connectivity index (χ1n) is 8.32. The zero-order valence-corrected chi connectivity index (χ0v) is 16.7. The van der Waals surface area contributed by atoms with Crippen molar-refractivity contribution in [3.8, 4) is 22.1 Å². The zero-order chi connectivity index (χ0) is 19.0. The maximum Gasteiger partial charge on any atom is 0.253 e. The Balaban J connectivity index is 1.79. The van der Waals surface area contributed by atoms with Gasteiger partial charge >= 0.3 is 0 Å². The fourth-order valence-corrected chi connectivity index (χ4v) is 4.56. The number of amides is 1. The summed E-state index contributed by atoms with van der Waals surface area (Å²) < 4.78 is 6.13. The number of nitrogens with zero attached hydrogens (tertiary/aromatic N) is 3. The Morgan fingerprint density at radius 3 is 2.70 bits per heavy atom. The molecule has 1 amide bonds. The number of hydrogen-bond donors (Lipinski definition) is 0. The molecule has 0 radical (unpaired) electrons. The van der Waals surface area contributed by atoms with Crippen LogP contribution in [0.5, 0.6) is 11.6 Å². The van der Waals surface area contributed by atoms with Crippen LogP contribution >= 0.6 is 22.7 Å². The van der Waals surface area contributed by atoms with Crippen molar-refractivity contribution in [2.24, 2.45) is 0 Å². The number of benzene rings is 1. The smallest absolute Gasteiger partial charge is 0.253 e. The van der Waals surface area contributed by atoms with Crippen molar-refractivity contribution < 1.29 is 9.53 Å². The first-order valence-corrected chi connectivity index (χ1v) is 10.1. The molecular weight excluding hydrogens is 378 g/mol. The quantitative estimate of drug-likeness (QED) is 0.475. The highest BCUT2D eigenvalue weighted by molar-refractivity contribution is 7.18. The summed E-state index contributed by atoms with van der Waals surface area (Å²) in [4.78, 5) is 24.9. The summed E-state index contributed by atoms with van der Waals surface area (Å²) in [6, 6.07) is 11.3. The van der Waals surface area contributed by atoms with E-state index in [9.17, 15) is 4.79 Å². The van der Waals surface area contributed by atoms with Crippen LogP contribution < -0.4 is 4.74 Å². The van der Waals surface area contributed by atoms with E-state index in [4.69, 9.17) is 4.74 Å². The first kappa shape index (κ1) is 17.6. The molecule has 0 atom stereocenters. The second-order valence-electron chi connectivity index (χ2n) is 6.21. The molecule has 3 aromatic heterocycles. The Morgan fingerprint density at radius 1 is 1.11 bits per heavy atom. The lowest BCUT2D eigenvalue weighted by atomic mass is 10.2. The van der Waals surface area contributed by atoms with E-state index in [1.165, 1.54) is 0 Å². The number of fused-ring (bicyclic) bond motifs is 1. The van der Waals surface area contributed by atoms with E-state index in [1.54, 1.807) is 53.8 Å². The normalized spacial score (nSPS) is 10.9. The summed E-state index contributed by atoms with van der Waals surface area (Å²) in [5, 5.41) is 5.03. The molecule has 3 heterocycles. The number of ether oxygens (including phenoxy) is 1. The Bertz CT molecular complexity index is 1120. The highest BCUT2D eigenvalue weighted by atomic mass is 32.1. The molecule has 0 saturated heterocycles. The molecule has 4 aromatic rings. The monoisotopic (exact) mass is 395 g/mol. The van der Waals surface area contributed by atoms with Crippen molar-refractivity contribution in [2.45, 2.75) is 6.92 Å². The van der Waals surface area contributed by atoms with E-state index >= 15 is 0 Å². The molecule has 136 valence electrons. The van der Waals surface area contributed by atoms with Gasteiger partial charge in [0.1, 0.15) is 16.4 Å². The highest BCUT2D eigenvalue weighted by Crippen LogP contribution is 2.41. The molecule has 0 aliphatic rings. The lowest BCUT2D eigenvalue weighted by Gasteiger charge is -2.12. The first-order chi connectivity index (χ1) is 13.0. The van der Waals surface area contributed by atoms with Crippen molar-refractivity contribution >= 4 is 38.8 Å². The minimum absolute atomic E-state index is 0.0701. The molecule has 0 saturated carbocycles. The van der Waals surface area contributed by atoms with Crippen molar-refractivity contribution in [1.82, 2.24) is 14.9 Å². The predicted octanol–water partition coefficient (Wildman–Crippen LogP) is 5.22. The van der Waals surface area contributed by atoms with Gasteiger partial charge in [0, 0.05) is 35.5 Å². The summed E-state index contributed by atoms with van der Waals surface area (Å²) in [6.45, 7) is 1.85.